The average molecular weight is 290 g/mol. The second-order valence-corrected chi connectivity index (χ2v) is 5.11. The first-order valence-electron chi connectivity index (χ1n) is 6.94. The van der Waals surface area contributed by atoms with Crippen LogP contribution in [0.15, 0.2) is 24.3 Å². The molecule has 0 atom stereocenters. The van der Waals surface area contributed by atoms with Crippen LogP contribution in [0.2, 0.25) is 0 Å². The Morgan fingerprint density at radius 1 is 1.05 bits per heavy atom. The van der Waals surface area contributed by atoms with Crippen molar-refractivity contribution in [2.75, 3.05) is 23.3 Å². The molecule has 3 rings (SSSR count). The molecule has 4 nitrogen and oxygen atoms in total. The predicted octanol–water partition coefficient (Wildman–Crippen LogP) is 3.41. The second kappa shape index (κ2) is 5.63. The zero-order chi connectivity index (χ0) is 14.8. The zero-order valence-electron chi connectivity index (χ0n) is 11.7. The first-order valence-corrected chi connectivity index (χ1v) is 6.94. The summed E-state index contributed by atoms with van der Waals surface area (Å²) in [4.78, 5) is 10.9. The van der Waals surface area contributed by atoms with Crippen LogP contribution in [-0.2, 0) is 0 Å². The van der Waals surface area contributed by atoms with Crippen LogP contribution < -0.4 is 10.2 Å². The van der Waals surface area contributed by atoms with E-state index in [0.717, 1.165) is 43.9 Å². The summed E-state index contributed by atoms with van der Waals surface area (Å²) in [7, 11) is 0. The van der Waals surface area contributed by atoms with E-state index in [-0.39, 0.29) is 0 Å². The summed E-state index contributed by atoms with van der Waals surface area (Å²) in [5.74, 6) is 0.340. The molecule has 0 saturated carbocycles. The van der Waals surface area contributed by atoms with Crippen LogP contribution in [0.25, 0.3) is 0 Å². The highest BCUT2D eigenvalue weighted by Crippen LogP contribution is 2.23. The summed E-state index contributed by atoms with van der Waals surface area (Å²) in [5, 5.41) is 2.99. The van der Waals surface area contributed by atoms with Gasteiger partial charge in [-0.1, -0.05) is 0 Å². The number of nitrogens with one attached hydrogen (secondary N) is 1. The Morgan fingerprint density at radius 2 is 1.81 bits per heavy atom. The summed E-state index contributed by atoms with van der Waals surface area (Å²) >= 11 is 0. The Hall–Kier alpha value is -2.24. The molecule has 1 saturated heterocycles. The Balaban J connectivity index is 1.85. The molecule has 1 aliphatic rings. The van der Waals surface area contributed by atoms with Gasteiger partial charge < -0.3 is 10.2 Å². The fourth-order valence-electron chi connectivity index (χ4n) is 2.45. The topological polar surface area (TPSA) is 41.1 Å². The molecule has 0 radical (unpaired) electrons. The van der Waals surface area contributed by atoms with E-state index in [4.69, 9.17) is 0 Å². The number of aromatic nitrogens is 2. The van der Waals surface area contributed by atoms with Gasteiger partial charge in [0.15, 0.2) is 11.6 Å². The smallest absolute Gasteiger partial charge is 0.160 e. The SMILES string of the molecule is Cc1nc(Nc2ccc(F)c(F)c2)cc(N2CCCC2)n1. The van der Waals surface area contributed by atoms with E-state index < -0.39 is 11.6 Å². The van der Waals surface area contributed by atoms with Gasteiger partial charge in [0, 0.05) is 30.9 Å². The molecular formula is C15H16F2N4. The van der Waals surface area contributed by atoms with Gasteiger partial charge in [0.05, 0.1) is 0 Å². The van der Waals surface area contributed by atoms with Gasteiger partial charge in [0.25, 0.3) is 0 Å². The van der Waals surface area contributed by atoms with Crippen molar-refractivity contribution in [3.8, 4) is 0 Å². The lowest BCUT2D eigenvalue weighted by atomic mass is 10.3. The van der Waals surface area contributed by atoms with Crippen molar-refractivity contribution in [3.05, 3.63) is 41.7 Å². The maximum absolute atomic E-state index is 13.2. The number of halogens is 2. The van der Waals surface area contributed by atoms with Gasteiger partial charge in [-0.05, 0) is 31.9 Å². The Labute approximate surface area is 121 Å². The second-order valence-electron chi connectivity index (χ2n) is 5.11. The predicted molar refractivity (Wildman–Crippen MR) is 77.9 cm³/mol. The highest BCUT2D eigenvalue weighted by atomic mass is 19.2. The molecule has 0 unspecified atom stereocenters. The lowest BCUT2D eigenvalue weighted by Crippen LogP contribution is -2.19. The van der Waals surface area contributed by atoms with E-state index in [0.29, 0.717) is 17.3 Å². The van der Waals surface area contributed by atoms with Crippen molar-refractivity contribution in [1.29, 1.82) is 0 Å². The van der Waals surface area contributed by atoms with Crippen molar-refractivity contribution in [2.24, 2.45) is 0 Å². The van der Waals surface area contributed by atoms with Gasteiger partial charge in [-0.15, -0.1) is 0 Å². The number of anilines is 3. The molecule has 0 amide bonds. The van der Waals surface area contributed by atoms with Gasteiger partial charge in [-0.3, -0.25) is 0 Å². The van der Waals surface area contributed by atoms with Gasteiger partial charge in [-0.25, -0.2) is 18.7 Å². The molecule has 1 aromatic heterocycles. The van der Waals surface area contributed by atoms with Crippen LogP contribution in [0.5, 0.6) is 0 Å². The number of benzene rings is 1. The minimum Gasteiger partial charge on any atom is -0.356 e. The van der Waals surface area contributed by atoms with E-state index in [9.17, 15) is 8.78 Å². The molecular weight excluding hydrogens is 274 g/mol. The normalized spacial score (nSPS) is 14.5. The minimum absolute atomic E-state index is 0.458. The number of hydrogen-bond acceptors (Lipinski definition) is 4. The van der Waals surface area contributed by atoms with E-state index in [2.05, 4.69) is 20.2 Å². The fourth-order valence-corrected chi connectivity index (χ4v) is 2.45. The Morgan fingerprint density at radius 3 is 2.52 bits per heavy atom. The van der Waals surface area contributed by atoms with Crippen LogP contribution in [-0.4, -0.2) is 23.1 Å². The molecule has 0 bridgehead atoms. The minimum atomic E-state index is -0.884. The standard InChI is InChI=1S/C15H16F2N4/c1-10-18-14(9-15(19-10)21-6-2-3-7-21)20-11-4-5-12(16)13(17)8-11/h4-5,8-9H,2-3,6-7H2,1H3,(H,18,19,20). The molecule has 2 heterocycles. The molecule has 1 fully saturated rings. The Kier molecular flexibility index (Phi) is 3.68. The van der Waals surface area contributed by atoms with Crippen LogP contribution in [0, 0.1) is 18.6 Å². The van der Waals surface area contributed by atoms with E-state index in [1.54, 1.807) is 0 Å². The average Bonchev–Trinajstić information content (AvgIpc) is 2.96. The summed E-state index contributed by atoms with van der Waals surface area (Å²) < 4.78 is 26.2. The van der Waals surface area contributed by atoms with Gasteiger partial charge in [0.2, 0.25) is 0 Å². The highest BCUT2D eigenvalue weighted by molar-refractivity contribution is 5.59. The third kappa shape index (κ3) is 3.09. The number of hydrogen-bond donors (Lipinski definition) is 1. The van der Waals surface area contributed by atoms with Crippen LogP contribution >= 0.6 is 0 Å². The molecule has 110 valence electrons. The van der Waals surface area contributed by atoms with Crippen molar-refractivity contribution in [3.63, 3.8) is 0 Å². The van der Waals surface area contributed by atoms with Crippen LogP contribution in [0.1, 0.15) is 18.7 Å². The summed E-state index contributed by atoms with van der Waals surface area (Å²) in [6.45, 7) is 3.79. The maximum atomic E-state index is 13.2. The fraction of sp³-hybridized carbons (Fsp3) is 0.333. The van der Waals surface area contributed by atoms with Crippen LogP contribution in [0.4, 0.5) is 26.1 Å². The van der Waals surface area contributed by atoms with Crippen molar-refractivity contribution < 1.29 is 8.78 Å². The van der Waals surface area contributed by atoms with Crippen molar-refractivity contribution >= 4 is 17.3 Å². The third-order valence-electron chi connectivity index (χ3n) is 3.45. The summed E-state index contributed by atoms with van der Waals surface area (Å²) in [5.41, 5.74) is 0.458. The van der Waals surface area contributed by atoms with Gasteiger partial charge in [0.1, 0.15) is 17.5 Å². The number of rotatable bonds is 3. The summed E-state index contributed by atoms with van der Waals surface area (Å²) in [6.07, 6.45) is 2.32. The quantitative estimate of drug-likeness (QED) is 0.940. The number of aryl methyl sites for hydroxylation is 1. The highest BCUT2D eigenvalue weighted by Gasteiger charge is 2.15. The van der Waals surface area contributed by atoms with E-state index >= 15 is 0 Å². The lowest BCUT2D eigenvalue weighted by molar-refractivity contribution is 0.509. The van der Waals surface area contributed by atoms with Crippen molar-refractivity contribution in [1.82, 2.24) is 9.97 Å². The molecule has 0 aliphatic carbocycles. The maximum Gasteiger partial charge on any atom is 0.160 e. The van der Waals surface area contributed by atoms with Crippen LogP contribution in [0.3, 0.4) is 0 Å². The molecule has 6 heteroatoms. The molecule has 1 aliphatic heterocycles. The lowest BCUT2D eigenvalue weighted by Gasteiger charge is -2.17. The molecule has 1 aromatic carbocycles. The molecule has 1 N–H and O–H groups in total. The zero-order valence-corrected chi connectivity index (χ0v) is 11.7. The first-order chi connectivity index (χ1) is 10.1. The van der Waals surface area contributed by atoms with E-state index in [1.807, 2.05) is 13.0 Å². The van der Waals surface area contributed by atoms with Crippen molar-refractivity contribution in [2.45, 2.75) is 19.8 Å². The van der Waals surface area contributed by atoms with Gasteiger partial charge in [-0.2, -0.15) is 0 Å². The molecule has 0 spiro atoms. The molecule has 21 heavy (non-hydrogen) atoms. The largest absolute Gasteiger partial charge is 0.356 e. The van der Waals surface area contributed by atoms with Gasteiger partial charge >= 0.3 is 0 Å². The monoisotopic (exact) mass is 290 g/mol. The first kappa shape index (κ1) is 13.7. The number of nitrogens with zero attached hydrogens (tertiary/aromatic N) is 3. The molecule has 2 aromatic rings. The Bertz CT molecular complexity index is 654. The van der Waals surface area contributed by atoms with E-state index in [1.165, 1.54) is 6.07 Å². The summed E-state index contributed by atoms with van der Waals surface area (Å²) in [6, 6.07) is 5.51. The third-order valence-corrected chi connectivity index (χ3v) is 3.45.